The number of rotatable bonds is 4. The average molecular weight is 278 g/mol. The molecule has 0 aliphatic heterocycles. The molecule has 6 nitrogen and oxygen atoms in total. The second kappa shape index (κ2) is 5.03. The van der Waals surface area contributed by atoms with E-state index in [0.29, 0.717) is 23.6 Å². The van der Waals surface area contributed by atoms with Gasteiger partial charge in [-0.3, -0.25) is 0 Å². The molecular formula is C14H18N2O4. The fraction of sp³-hybridized carbons (Fsp3) is 0.429. The van der Waals surface area contributed by atoms with Crippen LogP contribution in [-0.2, 0) is 0 Å². The Bertz CT molecular complexity index is 554. The third kappa shape index (κ3) is 3.20. The molecule has 4 N–H and O–H groups in total. The van der Waals surface area contributed by atoms with Crippen molar-refractivity contribution in [3.05, 3.63) is 23.8 Å². The number of nitrogens with one attached hydrogen (secondary N) is 2. The summed E-state index contributed by atoms with van der Waals surface area (Å²) < 4.78 is 0. The maximum atomic E-state index is 11.7. The molecule has 2 amide bonds. The molecule has 6 heteroatoms. The minimum absolute atomic E-state index is 0.244. The van der Waals surface area contributed by atoms with Crippen molar-refractivity contribution in [2.45, 2.75) is 20.3 Å². The molecule has 1 atom stereocenters. The van der Waals surface area contributed by atoms with E-state index in [9.17, 15) is 14.7 Å². The van der Waals surface area contributed by atoms with E-state index >= 15 is 0 Å². The fourth-order valence-corrected chi connectivity index (χ4v) is 2.10. The zero-order valence-electron chi connectivity index (χ0n) is 11.4. The number of amides is 2. The molecule has 0 heterocycles. The average Bonchev–Trinajstić information content (AvgIpc) is 2.97. The van der Waals surface area contributed by atoms with Crippen molar-refractivity contribution in [2.24, 2.45) is 11.3 Å². The SMILES string of the molecule is CC1(C)CC1CNC(=O)Nc1ccc(O)c(C(=O)O)c1. The molecular weight excluding hydrogens is 260 g/mol. The third-order valence-electron chi connectivity index (χ3n) is 3.71. The number of carbonyl (C=O) groups excluding carboxylic acids is 1. The molecule has 0 radical (unpaired) electrons. The predicted molar refractivity (Wildman–Crippen MR) is 74.0 cm³/mol. The Morgan fingerprint density at radius 2 is 2.05 bits per heavy atom. The lowest BCUT2D eigenvalue weighted by molar-refractivity contribution is 0.0693. The first kappa shape index (κ1) is 14.2. The Labute approximate surface area is 116 Å². The van der Waals surface area contributed by atoms with Crippen LogP contribution >= 0.6 is 0 Å². The lowest BCUT2D eigenvalue weighted by atomic mass is 10.1. The van der Waals surface area contributed by atoms with Gasteiger partial charge in [0.25, 0.3) is 0 Å². The van der Waals surface area contributed by atoms with Crippen molar-refractivity contribution in [2.75, 3.05) is 11.9 Å². The predicted octanol–water partition coefficient (Wildman–Crippen LogP) is 2.26. The number of carbonyl (C=O) groups is 2. The van der Waals surface area contributed by atoms with Gasteiger partial charge in [-0.05, 0) is 36.0 Å². The van der Waals surface area contributed by atoms with Crippen LogP contribution in [0.2, 0.25) is 0 Å². The van der Waals surface area contributed by atoms with E-state index in [0.717, 1.165) is 6.42 Å². The Hall–Kier alpha value is -2.24. The second-order valence-electron chi connectivity index (χ2n) is 5.76. The summed E-state index contributed by atoms with van der Waals surface area (Å²) in [5.74, 6) is -1.09. The van der Waals surface area contributed by atoms with Gasteiger partial charge < -0.3 is 20.8 Å². The van der Waals surface area contributed by atoms with E-state index in [1.807, 2.05) is 0 Å². The van der Waals surface area contributed by atoms with Crippen LogP contribution in [0.5, 0.6) is 5.75 Å². The molecule has 1 fully saturated rings. The van der Waals surface area contributed by atoms with Gasteiger partial charge in [0.2, 0.25) is 0 Å². The second-order valence-corrected chi connectivity index (χ2v) is 5.76. The van der Waals surface area contributed by atoms with Crippen molar-refractivity contribution in [3.8, 4) is 5.75 Å². The zero-order chi connectivity index (χ0) is 14.9. The largest absolute Gasteiger partial charge is 0.507 e. The van der Waals surface area contributed by atoms with Gasteiger partial charge >= 0.3 is 12.0 Å². The first-order valence-corrected chi connectivity index (χ1v) is 6.41. The van der Waals surface area contributed by atoms with Crippen LogP contribution in [0, 0.1) is 11.3 Å². The summed E-state index contributed by atoms with van der Waals surface area (Å²) >= 11 is 0. The molecule has 0 bridgehead atoms. The van der Waals surface area contributed by atoms with Crippen molar-refractivity contribution < 1.29 is 19.8 Å². The highest BCUT2D eigenvalue weighted by Gasteiger charge is 2.45. The highest BCUT2D eigenvalue weighted by Crippen LogP contribution is 2.50. The molecule has 1 unspecified atom stereocenters. The first-order valence-electron chi connectivity index (χ1n) is 6.41. The quantitative estimate of drug-likeness (QED) is 0.635. The number of hydrogen-bond donors (Lipinski definition) is 4. The number of carboxylic acid groups (broad SMARTS) is 1. The van der Waals surface area contributed by atoms with E-state index < -0.39 is 5.97 Å². The van der Waals surface area contributed by atoms with Crippen LogP contribution in [0.1, 0.15) is 30.6 Å². The molecule has 2 rings (SSSR count). The normalized spacial score (nSPS) is 19.2. The minimum atomic E-state index is -1.24. The highest BCUT2D eigenvalue weighted by atomic mass is 16.4. The zero-order valence-corrected chi connectivity index (χ0v) is 11.4. The molecule has 1 aliphatic rings. The number of aromatic hydroxyl groups is 1. The van der Waals surface area contributed by atoms with Crippen LogP contribution in [0.4, 0.5) is 10.5 Å². The van der Waals surface area contributed by atoms with Gasteiger partial charge in [0.05, 0.1) is 0 Å². The van der Waals surface area contributed by atoms with Gasteiger partial charge in [-0.15, -0.1) is 0 Å². The topological polar surface area (TPSA) is 98.7 Å². The van der Waals surface area contributed by atoms with Gasteiger partial charge in [0, 0.05) is 12.2 Å². The van der Waals surface area contributed by atoms with Crippen molar-refractivity contribution in [3.63, 3.8) is 0 Å². The van der Waals surface area contributed by atoms with Gasteiger partial charge in [0.1, 0.15) is 11.3 Å². The maximum absolute atomic E-state index is 11.7. The van der Waals surface area contributed by atoms with Crippen LogP contribution in [0.25, 0.3) is 0 Å². The van der Waals surface area contributed by atoms with E-state index in [2.05, 4.69) is 24.5 Å². The molecule has 1 aromatic rings. The van der Waals surface area contributed by atoms with Crippen LogP contribution in [0.15, 0.2) is 18.2 Å². The summed E-state index contributed by atoms with van der Waals surface area (Å²) in [6.07, 6.45) is 1.09. The molecule has 1 aliphatic carbocycles. The number of benzene rings is 1. The fourth-order valence-electron chi connectivity index (χ4n) is 2.10. The molecule has 0 aromatic heterocycles. The molecule has 20 heavy (non-hydrogen) atoms. The Kier molecular flexibility index (Phi) is 3.57. The summed E-state index contributed by atoms with van der Waals surface area (Å²) in [5.41, 5.74) is 0.376. The van der Waals surface area contributed by atoms with Crippen molar-refractivity contribution in [1.82, 2.24) is 5.32 Å². The van der Waals surface area contributed by atoms with Crippen LogP contribution in [-0.4, -0.2) is 28.8 Å². The molecule has 1 aromatic carbocycles. The van der Waals surface area contributed by atoms with Gasteiger partial charge in [-0.1, -0.05) is 13.8 Å². The summed E-state index contributed by atoms with van der Waals surface area (Å²) in [6, 6.07) is 3.53. The number of aromatic carboxylic acids is 1. The first-order chi connectivity index (χ1) is 9.29. The molecule has 108 valence electrons. The van der Waals surface area contributed by atoms with Gasteiger partial charge in [0.15, 0.2) is 0 Å². The Balaban J connectivity index is 1.91. The summed E-state index contributed by atoms with van der Waals surface area (Å²) in [7, 11) is 0. The highest BCUT2D eigenvalue weighted by molar-refractivity contribution is 5.95. The van der Waals surface area contributed by atoms with Gasteiger partial charge in [-0.25, -0.2) is 9.59 Å². The molecule has 0 saturated heterocycles. The Morgan fingerprint density at radius 3 is 2.60 bits per heavy atom. The molecule has 1 saturated carbocycles. The lowest BCUT2D eigenvalue weighted by Crippen LogP contribution is -2.31. The number of hydrogen-bond acceptors (Lipinski definition) is 3. The lowest BCUT2D eigenvalue weighted by Gasteiger charge is -2.09. The number of phenols is 1. The number of carboxylic acids is 1. The standard InChI is InChI=1S/C14H18N2O4/c1-14(2)6-8(14)7-15-13(20)16-9-3-4-11(17)10(5-9)12(18)19/h3-5,8,17H,6-7H2,1-2H3,(H,18,19)(H2,15,16,20). The smallest absolute Gasteiger partial charge is 0.339 e. The summed E-state index contributed by atoms with van der Waals surface area (Å²) in [6.45, 7) is 4.90. The minimum Gasteiger partial charge on any atom is -0.507 e. The summed E-state index contributed by atoms with van der Waals surface area (Å²) in [5, 5.41) is 23.6. The maximum Gasteiger partial charge on any atom is 0.339 e. The third-order valence-corrected chi connectivity index (χ3v) is 3.71. The Morgan fingerprint density at radius 1 is 1.40 bits per heavy atom. The number of anilines is 1. The van der Waals surface area contributed by atoms with E-state index in [1.54, 1.807) is 0 Å². The van der Waals surface area contributed by atoms with Crippen molar-refractivity contribution in [1.29, 1.82) is 0 Å². The number of urea groups is 1. The molecule has 0 spiro atoms. The van der Waals surface area contributed by atoms with Crippen LogP contribution in [0.3, 0.4) is 0 Å². The van der Waals surface area contributed by atoms with Crippen molar-refractivity contribution >= 4 is 17.7 Å². The summed E-state index contributed by atoms with van der Waals surface area (Å²) in [4.78, 5) is 22.6. The van der Waals surface area contributed by atoms with E-state index in [-0.39, 0.29) is 17.3 Å². The monoisotopic (exact) mass is 278 g/mol. The van der Waals surface area contributed by atoms with E-state index in [1.165, 1.54) is 18.2 Å². The van der Waals surface area contributed by atoms with Gasteiger partial charge in [-0.2, -0.15) is 0 Å². The van der Waals surface area contributed by atoms with Crippen LogP contribution < -0.4 is 10.6 Å². The van der Waals surface area contributed by atoms with E-state index in [4.69, 9.17) is 5.11 Å².